The fourth-order valence-electron chi connectivity index (χ4n) is 1.75. The molecule has 3 rings (SSSR count). The lowest BCUT2D eigenvalue weighted by Crippen LogP contribution is -1.86. The number of benzene rings is 1. The van der Waals surface area contributed by atoms with E-state index in [-0.39, 0.29) is 5.75 Å². The summed E-state index contributed by atoms with van der Waals surface area (Å²) in [5, 5.41) is 16.8. The van der Waals surface area contributed by atoms with Gasteiger partial charge in [-0.15, -0.1) is 10.2 Å². The summed E-state index contributed by atoms with van der Waals surface area (Å²) in [5.41, 5.74) is 1.79. The summed E-state index contributed by atoms with van der Waals surface area (Å²) >= 11 is 0. The molecular formula is C13H8FN3O2. The minimum absolute atomic E-state index is 0.141. The van der Waals surface area contributed by atoms with Crippen LogP contribution >= 0.6 is 0 Å². The number of aromatic nitrogens is 3. The van der Waals surface area contributed by atoms with Gasteiger partial charge in [-0.3, -0.25) is 4.98 Å². The summed E-state index contributed by atoms with van der Waals surface area (Å²) in [6.45, 7) is 0. The average molecular weight is 257 g/mol. The number of pyridine rings is 1. The molecule has 5 nitrogen and oxygen atoms in total. The second-order valence-corrected chi connectivity index (χ2v) is 3.90. The van der Waals surface area contributed by atoms with Crippen LogP contribution in [0.2, 0.25) is 0 Å². The molecule has 0 bridgehead atoms. The van der Waals surface area contributed by atoms with Crippen LogP contribution in [0.4, 0.5) is 4.39 Å². The Bertz CT molecular complexity index is 693. The molecule has 0 aliphatic rings. The molecule has 19 heavy (non-hydrogen) atoms. The van der Waals surface area contributed by atoms with E-state index in [1.165, 1.54) is 18.5 Å². The molecule has 2 aromatic heterocycles. The first-order chi connectivity index (χ1) is 9.22. The zero-order chi connectivity index (χ0) is 13.2. The van der Waals surface area contributed by atoms with Crippen LogP contribution in [0.3, 0.4) is 0 Å². The van der Waals surface area contributed by atoms with Crippen LogP contribution in [-0.2, 0) is 0 Å². The molecule has 0 aliphatic carbocycles. The highest BCUT2D eigenvalue weighted by molar-refractivity contribution is 5.69. The maximum atomic E-state index is 13.3. The number of hydrogen-bond donors (Lipinski definition) is 1. The molecule has 1 aromatic carbocycles. The Morgan fingerprint density at radius 1 is 1.00 bits per heavy atom. The van der Waals surface area contributed by atoms with Gasteiger partial charge in [-0.2, -0.15) is 0 Å². The van der Waals surface area contributed by atoms with Gasteiger partial charge in [0.15, 0.2) is 0 Å². The monoisotopic (exact) mass is 257 g/mol. The van der Waals surface area contributed by atoms with E-state index in [9.17, 15) is 9.50 Å². The predicted molar refractivity (Wildman–Crippen MR) is 64.6 cm³/mol. The van der Waals surface area contributed by atoms with Crippen molar-refractivity contribution < 1.29 is 13.9 Å². The lowest BCUT2D eigenvalue weighted by atomic mass is 10.1. The van der Waals surface area contributed by atoms with Gasteiger partial charge in [-0.1, -0.05) is 0 Å². The summed E-state index contributed by atoms with van der Waals surface area (Å²) in [5.74, 6) is -0.327. The smallest absolute Gasteiger partial charge is 0.249 e. The molecular weight excluding hydrogens is 249 g/mol. The molecule has 0 atom stereocenters. The minimum atomic E-state index is -0.516. The van der Waals surface area contributed by atoms with E-state index >= 15 is 0 Å². The molecule has 3 aromatic rings. The molecule has 0 amide bonds. The fourth-order valence-corrected chi connectivity index (χ4v) is 1.75. The Balaban J connectivity index is 2.08. The number of halogens is 1. The molecule has 0 aliphatic heterocycles. The Labute approximate surface area is 107 Å². The second-order valence-electron chi connectivity index (χ2n) is 3.90. The van der Waals surface area contributed by atoms with E-state index in [0.29, 0.717) is 22.6 Å². The van der Waals surface area contributed by atoms with Crippen molar-refractivity contribution in [3.8, 4) is 28.3 Å². The summed E-state index contributed by atoms with van der Waals surface area (Å²) in [7, 11) is 0. The number of phenols is 1. The van der Waals surface area contributed by atoms with Gasteiger partial charge in [0.2, 0.25) is 12.3 Å². The molecule has 6 heteroatoms. The van der Waals surface area contributed by atoms with Gasteiger partial charge in [0, 0.05) is 24.0 Å². The minimum Gasteiger partial charge on any atom is -0.508 e. The highest BCUT2D eigenvalue weighted by Crippen LogP contribution is 2.27. The van der Waals surface area contributed by atoms with Crippen molar-refractivity contribution in [1.82, 2.24) is 15.2 Å². The van der Waals surface area contributed by atoms with Crippen molar-refractivity contribution >= 4 is 0 Å². The number of rotatable bonds is 2. The van der Waals surface area contributed by atoms with Crippen molar-refractivity contribution in [2.24, 2.45) is 0 Å². The van der Waals surface area contributed by atoms with E-state index < -0.39 is 5.82 Å². The molecule has 0 saturated heterocycles. The summed E-state index contributed by atoms with van der Waals surface area (Å²) < 4.78 is 18.3. The standard InChI is InChI=1S/C13H8FN3O2/c14-11-2-8(3-12(18)4-11)9-1-10(6-15-5-9)13-17-16-7-19-13/h1-7,18H. The summed E-state index contributed by atoms with van der Waals surface area (Å²) in [6, 6.07) is 5.54. The van der Waals surface area contributed by atoms with Crippen molar-refractivity contribution in [3.63, 3.8) is 0 Å². The highest BCUT2D eigenvalue weighted by atomic mass is 19.1. The zero-order valence-electron chi connectivity index (χ0n) is 9.62. The van der Waals surface area contributed by atoms with Gasteiger partial charge in [0.25, 0.3) is 0 Å². The highest BCUT2D eigenvalue weighted by Gasteiger charge is 2.08. The summed E-state index contributed by atoms with van der Waals surface area (Å²) in [4.78, 5) is 4.04. The molecule has 0 spiro atoms. The van der Waals surface area contributed by atoms with E-state index in [0.717, 1.165) is 6.07 Å². The quantitative estimate of drug-likeness (QED) is 0.764. The van der Waals surface area contributed by atoms with E-state index in [4.69, 9.17) is 4.42 Å². The first-order valence-electron chi connectivity index (χ1n) is 5.44. The molecule has 0 radical (unpaired) electrons. The van der Waals surface area contributed by atoms with Crippen molar-refractivity contribution in [3.05, 3.63) is 48.9 Å². The SMILES string of the molecule is Oc1cc(F)cc(-c2cncc(-c3nnco3)c2)c1. The third-order valence-corrected chi connectivity index (χ3v) is 2.56. The lowest BCUT2D eigenvalue weighted by molar-refractivity contribution is 0.469. The maximum absolute atomic E-state index is 13.3. The van der Waals surface area contributed by atoms with Crippen molar-refractivity contribution in [1.29, 1.82) is 0 Å². The van der Waals surface area contributed by atoms with E-state index in [2.05, 4.69) is 15.2 Å². The molecule has 0 unspecified atom stereocenters. The van der Waals surface area contributed by atoms with Crippen molar-refractivity contribution in [2.45, 2.75) is 0 Å². The molecule has 0 saturated carbocycles. The van der Waals surface area contributed by atoms with Gasteiger partial charge in [0.05, 0.1) is 5.56 Å². The number of phenolic OH excluding ortho intramolecular Hbond substituents is 1. The second kappa shape index (κ2) is 4.49. The normalized spacial score (nSPS) is 10.6. The van der Waals surface area contributed by atoms with Crippen LogP contribution < -0.4 is 0 Å². The van der Waals surface area contributed by atoms with Gasteiger partial charge < -0.3 is 9.52 Å². The van der Waals surface area contributed by atoms with Gasteiger partial charge >= 0.3 is 0 Å². The largest absolute Gasteiger partial charge is 0.508 e. The Morgan fingerprint density at radius 3 is 2.58 bits per heavy atom. The third-order valence-electron chi connectivity index (χ3n) is 2.56. The van der Waals surface area contributed by atoms with Crippen LogP contribution in [0.25, 0.3) is 22.6 Å². The molecule has 94 valence electrons. The fraction of sp³-hybridized carbons (Fsp3) is 0. The average Bonchev–Trinajstić information content (AvgIpc) is 2.92. The van der Waals surface area contributed by atoms with Gasteiger partial charge in [0.1, 0.15) is 11.6 Å². The number of aromatic hydroxyl groups is 1. The molecule has 1 N–H and O–H groups in total. The van der Waals surface area contributed by atoms with E-state index in [1.807, 2.05) is 0 Å². The molecule has 2 heterocycles. The Hall–Kier alpha value is -2.76. The molecule has 0 fully saturated rings. The maximum Gasteiger partial charge on any atom is 0.249 e. The predicted octanol–water partition coefficient (Wildman–Crippen LogP) is 2.64. The third kappa shape index (κ3) is 2.28. The van der Waals surface area contributed by atoms with E-state index in [1.54, 1.807) is 18.5 Å². The number of hydrogen-bond acceptors (Lipinski definition) is 5. The van der Waals surface area contributed by atoms with Gasteiger partial charge in [-0.05, 0) is 23.8 Å². The van der Waals surface area contributed by atoms with Crippen LogP contribution in [0.5, 0.6) is 5.75 Å². The summed E-state index contributed by atoms with van der Waals surface area (Å²) in [6.07, 6.45) is 4.35. The zero-order valence-corrected chi connectivity index (χ0v) is 9.62. The topological polar surface area (TPSA) is 72.0 Å². The Kier molecular flexibility index (Phi) is 2.68. The lowest BCUT2D eigenvalue weighted by Gasteiger charge is -2.04. The van der Waals surface area contributed by atoms with Crippen LogP contribution in [0.1, 0.15) is 0 Å². The van der Waals surface area contributed by atoms with Crippen molar-refractivity contribution in [2.75, 3.05) is 0 Å². The van der Waals surface area contributed by atoms with Crippen LogP contribution in [0.15, 0.2) is 47.5 Å². The number of nitrogens with zero attached hydrogens (tertiary/aromatic N) is 3. The van der Waals surface area contributed by atoms with Crippen LogP contribution in [0, 0.1) is 5.82 Å². The Morgan fingerprint density at radius 2 is 1.84 bits per heavy atom. The first-order valence-corrected chi connectivity index (χ1v) is 5.44. The first kappa shape index (κ1) is 11.3. The van der Waals surface area contributed by atoms with Gasteiger partial charge in [-0.25, -0.2) is 4.39 Å². The van der Waals surface area contributed by atoms with Crippen LogP contribution in [-0.4, -0.2) is 20.3 Å².